The van der Waals surface area contributed by atoms with Gasteiger partial charge >= 0.3 is 0 Å². The smallest absolute Gasteiger partial charge is 0.159 e. The first-order valence-electron chi connectivity index (χ1n) is 6.52. The van der Waals surface area contributed by atoms with E-state index in [1.807, 2.05) is 25.1 Å². The molecule has 110 valence electrons. The maximum absolute atomic E-state index is 6.08. The molecular formula is C15H19N5O. The zero-order valence-corrected chi connectivity index (χ0v) is 12.2. The number of anilines is 4. The summed E-state index contributed by atoms with van der Waals surface area (Å²) in [7, 11) is 1.62. The Balaban J connectivity index is 2.31. The van der Waals surface area contributed by atoms with Gasteiger partial charge in [0.2, 0.25) is 0 Å². The summed E-state index contributed by atoms with van der Waals surface area (Å²) in [4.78, 5) is 8.29. The lowest BCUT2D eigenvalue weighted by atomic mass is 10.2. The Morgan fingerprint density at radius 2 is 2.10 bits per heavy atom. The minimum atomic E-state index is 0.447. The predicted molar refractivity (Wildman–Crippen MR) is 86.1 cm³/mol. The van der Waals surface area contributed by atoms with E-state index in [-0.39, 0.29) is 0 Å². The number of benzene rings is 1. The second-order valence-electron chi connectivity index (χ2n) is 4.48. The van der Waals surface area contributed by atoms with Gasteiger partial charge in [-0.15, -0.1) is 6.58 Å². The van der Waals surface area contributed by atoms with Crippen molar-refractivity contribution in [2.45, 2.75) is 6.92 Å². The summed E-state index contributed by atoms with van der Waals surface area (Å²) in [5.74, 6) is 1.82. The van der Waals surface area contributed by atoms with Gasteiger partial charge in [-0.1, -0.05) is 12.1 Å². The van der Waals surface area contributed by atoms with E-state index in [4.69, 9.17) is 10.5 Å². The van der Waals surface area contributed by atoms with E-state index >= 15 is 0 Å². The van der Waals surface area contributed by atoms with Crippen LogP contribution in [0.4, 0.5) is 23.0 Å². The van der Waals surface area contributed by atoms with Gasteiger partial charge in [-0.05, 0) is 24.6 Å². The van der Waals surface area contributed by atoms with Crippen molar-refractivity contribution in [1.29, 1.82) is 0 Å². The number of nitrogens with one attached hydrogen (secondary N) is 2. The molecule has 0 unspecified atom stereocenters. The van der Waals surface area contributed by atoms with Crippen molar-refractivity contribution in [2.75, 3.05) is 30.0 Å². The normalized spacial score (nSPS) is 10.0. The van der Waals surface area contributed by atoms with Crippen LogP contribution in [-0.2, 0) is 0 Å². The Morgan fingerprint density at radius 1 is 1.33 bits per heavy atom. The van der Waals surface area contributed by atoms with E-state index in [0.29, 0.717) is 23.9 Å². The zero-order valence-electron chi connectivity index (χ0n) is 12.2. The number of methoxy groups -OCH3 is 1. The summed E-state index contributed by atoms with van der Waals surface area (Å²) in [6, 6.07) is 5.84. The third-order valence-electron chi connectivity index (χ3n) is 2.91. The molecule has 0 saturated heterocycles. The van der Waals surface area contributed by atoms with Crippen LogP contribution in [0.3, 0.4) is 0 Å². The van der Waals surface area contributed by atoms with Crippen LogP contribution in [0, 0.1) is 6.92 Å². The number of hydrogen-bond acceptors (Lipinski definition) is 6. The van der Waals surface area contributed by atoms with Crippen LogP contribution < -0.4 is 21.1 Å². The molecule has 0 saturated carbocycles. The molecule has 6 heteroatoms. The molecule has 0 amide bonds. The second kappa shape index (κ2) is 6.60. The molecule has 0 aliphatic rings. The third-order valence-corrected chi connectivity index (χ3v) is 2.91. The van der Waals surface area contributed by atoms with Gasteiger partial charge in [0.25, 0.3) is 0 Å². The molecule has 0 spiro atoms. The van der Waals surface area contributed by atoms with Crippen LogP contribution in [0.25, 0.3) is 0 Å². The highest BCUT2D eigenvalue weighted by molar-refractivity contribution is 5.79. The van der Waals surface area contributed by atoms with E-state index < -0.39 is 0 Å². The summed E-state index contributed by atoms with van der Waals surface area (Å²) in [5.41, 5.74) is 8.43. The SMILES string of the molecule is C=CCNc1ncnc(Nc2cc(C)ccc2OC)c1N. The average molecular weight is 285 g/mol. The molecule has 0 fully saturated rings. The van der Waals surface area contributed by atoms with Crippen LogP contribution >= 0.6 is 0 Å². The molecule has 2 aromatic rings. The summed E-state index contributed by atoms with van der Waals surface area (Å²) in [6.45, 7) is 6.23. The molecule has 4 N–H and O–H groups in total. The van der Waals surface area contributed by atoms with E-state index in [1.165, 1.54) is 6.33 Å². The number of nitrogen functional groups attached to an aromatic ring is 1. The van der Waals surface area contributed by atoms with Crippen molar-refractivity contribution in [3.05, 3.63) is 42.7 Å². The number of rotatable bonds is 6. The van der Waals surface area contributed by atoms with Gasteiger partial charge < -0.3 is 21.1 Å². The number of nitrogens with two attached hydrogens (primary N) is 1. The lowest BCUT2D eigenvalue weighted by Crippen LogP contribution is -2.08. The number of aromatic nitrogens is 2. The minimum absolute atomic E-state index is 0.447. The first kappa shape index (κ1) is 14.6. The van der Waals surface area contributed by atoms with E-state index in [1.54, 1.807) is 13.2 Å². The van der Waals surface area contributed by atoms with Crippen molar-refractivity contribution in [3.8, 4) is 5.75 Å². The van der Waals surface area contributed by atoms with Crippen molar-refractivity contribution in [3.63, 3.8) is 0 Å². The van der Waals surface area contributed by atoms with Crippen molar-refractivity contribution in [2.24, 2.45) is 0 Å². The van der Waals surface area contributed by atoms with Crippen LogP contribution in [-0.4, -0.2) is 23.6 Å². The summed E-state index contributed by atoms with van der Waals surface area (Å²) < 4.78 is 5.33. The lowest BCUT2D eigenvalue weighted by Gasteiger charge is -2.14. The predicted octanol–water partition coefficient (Wildman–Crippen LogP) is 2.72. The molecule has 1 aromatic heterocycles. The molecular weight excluding hydrogens is 266 g/mol. The molecule has 0 aliphatic carbocycles. The van der Waals surface area contributed by atoms with Gasteiger partial charge in [0.15, 0.2) is 11.6 Å². The quantitative estimate of drug-likeness (QED) is 0.708. The van der Waals surface area contributed by atoms with Gasteiger partial charge in [-0.3, -0.25) is 0 Å². The fourth-order valence-corrected chi connectivity index (χ4v) is 1.85. The highest BCUT2D eigenvalue weighted by Crippen LogP contribution is 2.31. The Labute approximate surface area is 124 Å². The van der Waals surface area contributed by atoms with Crippen LogP contribution in [0.15, 0.2) is 37.2 Å². The number of ether oxygens (including phenoxy) is 1. The fourth-order valence-electron chi connectivity index (χ4n) is 1.85. The lowest BCUT2D eigenvalue weighted by molar-refractivity contribution is 0.416. The highest BCUT2D eigenvalue weighted by Gasteiger charge is 2.10. The Hall–Kier alpha value is -2.76. The van der Waals surface area contributed by atoms with E-state index in [2.05, 4.69) is 27.2 Å². The number of hydrogen-bond donors (Lipinski definition) is 3. The topological polar surface area (TPSA) is 85.1 Å². The van der Waals surface area contributed by atoms with E-state index in [9.17, 15) is 0 Å². The Bertz CT molecular complexity index is 642. The second-order valence-corrected chi connectivity index (χ2v) is 4.48. The molecule has 0 aliphatic heterocycles. The fraction of sp³-hybridized carbons (Fsp3) is 0.200. The third kappa shape index (κ3) is 3.42. The molecule has 2 rings (SSSR count). The minimum Gasteiger partial charge on any atom is -0.495 e. The maximum atomic E-state index is 6.08. The molecule has 1 heterocycles. The molecule has 0 bridgehead atoms. The Morgan fingerprint density at radius 3 is 2.81 bits per heavy atom. The van der Waals surface area contributed by atoms with Crippen LogP contribution in [0.1, 0.15) is 5.56 Å². The van der Waals surface area contributed by atoms with Gasteiger partial charge in [-0.2, -0.15) is 0 Å². The number of nitrogens with zero attached hydrogens (tertiary/aromatic N) is 2. The Kier molecular flexibility index (Phi) is 4.61. The number of aryl methyl sites for hydroxylation is 1. The standard InChI is InChI=1S/C15H19N5O/c1-4-7-17-14-13(16)15(19-9-18-14)20-11-8-10(2)5-6-12(11)21-3/h4-6,8-9H,1,7,16H2,2-3H3,(H2,17,18,19,20). The molecule has 0 atom stereocenters. The first-order chi connectivity index (χ1) is 10.2. The summed E-state index contributed by atoms with van der Waals surface area (Å²) in [5, 5.41) is 6.25. The molecule has 1 aromatic carbocycles. The van der Waals surface area contributed by atoms with Crippen molar-refractivity contribution in [1.82, 2.24) is 9.97 Å². The molecule has 6 nitrogen and oxygen atoms in total. The first-order valence-corrected chi connectivity index (χ1v) is 6.52. The van der Waals surface area contributed by atoms with Crippen LogP contribution in [0.2, 0.25) is 0 Å². The van der Waals surface area contributed by atoms with Crippen LogP contribution in [0.5, 0.6) is 5.75 Å². The maximum Gasteiger partial charge on any atom is 0.159 e. The van der Waals surface area contributed by atoms with Gasteiger partial charge in [-0.25, -0.2) is 9.97 Å². The van der Waals surface area contributed by atoms with Crippen molar-refractivity contribution >= 4 is 23.0 Å². The van der Waals surface area contributed by atoms with Gasteiger partial charge in [0, 0.05) is 6.54 Å². The molecule has 0 radical (unpaired) electrons. The zero-order chi connectivity index (χ0) is 15.2. The summed E-state index contributed by atoms with van der Waals surface area (Å²) in [6.07, 6.45) is 3.19. The van der Waals surface area contributed by atoms with Gasteiger partial charge in [0.05, 0.1) is 12.8 Å². The highest BCUT2D eigenvalue weighted by atomic mass is 16.5. The van der Waals surface area contributed by atoms with Crippen molar-refractivity contribution < 1.29 is 4.74 Å². The van der Waals surface area contributed by atoms with Gasteiger partial charge in [0.1, 0.15) is 17.8 Å². The van der Waals surface area contributed by atoms with E-state index in [0.717, 1.165) is 17.0 Å². The largest absolute Gasteiger partial charge is 0.495 e. The molecule has 21 heavy (non-hydrogen) atoms. The average Bonchev–Trinajstić information content (AvgIpc) is 2.48. The monoisotopic (exact) mass is 285 g/mol. The summed E-state index contributed by atoms with van der Waals surface area (Å²) >= 11 is 0.